The van der Waals surface area contributed by atoms with Gasteiger partial charge in [-0.25, -0.2) is 9.78 Å². The molecule has 0 saturated heterocycles. The first-order valence-electron chi connectivity index (χ1n) is 9.46. The molecule has 0 saturated carbocycles. The van der Waals surface area contributed by atoms with Crippen LogP contribution in [0.5, 0.6) is 17.2 Å². The summed E-state index contributed by atoms with van der Waals surface area (Å²) in [5.74, 6) is -2.06. The second-order valence-electron chi connectivity index (χ2n) is 7.21. The topological polar surface area (TPSA) is 129 Å². The highest BCUT2D eigenvalue weighted by Crippen LogP contribution is 2.34. The van der Waals surface area contributed by atoms with E-state index in [0.29, 0.717) is 16.7 Å². The number of halogens is 1. The minimum Gasteiger partial charge on any atom is -0.508 e. The molecular weight excluding hydrogens is 424 g/mol. The van der Waals surface area contributed by atoms with Gasteiger partial charge in [0.25, 0.3) is 5.91 Å². The average molecular weight is 445 g/mol. The molecule has 1 heterocycles. The summed E-state index contributed by atoms with van der Waals surface area (Å²) >= 11 is 6.20. The summed E-state index contributed by atoms with van der Waals surface area (Å²) in [6.45, 7) is 3.70. The van der Waals surface area contributed by atoms with E-state index in [2.05, 4.69) is 10.3 Å². The summed E-state index contributed by atoms with van der Waals surface area (Å²) in [7, 11) is 0. The SMILES string of the molecule is CC(C)Oc1ccc2c(Cl)nc(C(=O)NC(Cc3ccc(O)cc3)C(=O)O)c(O)c2c1. The zero-order valence-corrected chi connectivity index (χ0v) is 17.6. The standard InChI is InChI=1S/C22H21ClN2O6/c1-11(2)31-14-7-8-15-16(10-14)19(27)18(25-20(15)23)21(28)24-17(22(29)30)9-12-3-5-13(26)6-4-12/h3-8,10-11,17,26-27H,9H2,1-2H3,(H,24,28)(H,29,30). The average Bonchev–Trinajstić information content (AvgIpc) is 2.71. The molecule has 1 unspecified atom stereocenters. The Labute approximate surface area is 183 Å². The van der Waals surface area contributed by atoms with Gasteiger partial charge < -0.3 is 25.4 Å². The van der Waals surface area contributed by atoms with Gasteiger partial charge in [-0.1, -0.05) is 23.7 Å². The van der Waals surface area contributed by atoms with Crippen LogP contribution < -0.4 is 10.1 Å². The van der Waals surface area contributed by atoms with Crippen LogP contribution in [0.3, 0.4) is 0 Å². The summed E-state index contributed by atoms with van der Waals surface area (Å²) in [5.41, 5.74) is 0.200. The number of hydrogen-bond acceptors (Lipinski definition) is 6. The number of carboxylic acid groups (broad SMARTS) is 1. The molecule has 9 heteroatoms. The highest BCUT2D eigenvalue weighted by molar-refractivity contribution is 6.35. The number of carbonyl (C=O) groups excluding carboxylic acids is 1. The Morgan fingerprint density at radius 1 is 1.10 bits per heavy atom. The van der Waals surface area contributed by atoms with Crippen molar-refractivity contribution in [2.45, 2.75) is 32.4 Å². The Morgan fingerprint density at radius 3 is 2.39 bits per heavy atom. The molecule has 1 aromatic heterocycles. The van der Waals surface area contributed by atoms with E-state index < -0.39 is 29.4 Å². The van der Waals surface area contributed by atoms with Crippen molar-refractivity contribution < 1.29 is 29.6 Å². The van der Waals surface area contributed by atoms with E-state index in [1.165, 1.54) is 12.1 Å². The summed E-state index contributed by atoms with van der Waals surface area (Å²) in [6, 6.07) is 9.49. The number of aromatic hydroxyl groups is 2. The molecule has 8 nitrogen and oxygen atoms in total. The third kappa shape index (κ3) is 5.16. The van der Waals surface area contributed by atoms with Gasteiger partial charge in [0.1, 0.15) is 22.7 Å². The summed E-state index contributed by atoms with van der Waals surface area (Å²) in [6.07, 6.45) is -0.133. The van der Waals surface area contributed by atoms with Crippen LogP contribution in [0, 0.1) is 0 Å². The van der Waals surface area contributed by atoms with Gasteiger partial charge in [-0.15, -0.1) is 0 Å². The minimum absolute atomic E-state index is 0.0144. The number of phenolic OH excluding ortho intramolecular Hbond substituents is 1. The van der Waals surface area contributed by atoms with Crippen LogP contribution in [-0.4, -0.2) is 44.3 Å². The number of aromatic nitrogens is 1. The van der Waals surface area contributed by atoms with E-state index >= 15 is 0 Å². The Hall–Kier alpha value is -3.52. The fraction of sp³-hybridized carbons (Fsp3) is 0.227. The second kappa shape index (κ2) is 9.09. The molecule has 0 spiro atoms. The first-order valence-corrected chi connectivity index (χ1v) is 9.84. The molecule has 1 atom stereocenters. The molecule has 3 rings (SSSR count). The van der Waals surface area contributed by atoms with Gasteiger partial charge in [0.2, 0.25) is 0 Å². The van der Waals surface area contributed by atoms with Crippen molar-refractivity contribution >= 4 is 34.2 Å². The van der Waals surface area contributed by atoms with Gasteiger partial charge in [-0.2, -0.15) is 0 Å². The van der Waals surface area contributed by atoms with E-state index in [1.807, 2.05) is 13.8 Å². The van der Waals surface area contributed by atoms with Crippen molar-refractivity contribution in [3.63, 3.8) is 0 Å². The molecule has 0 bridgehead atoms. The van der Waals surface area contributed by atoms with Crippen LogP contribution in [-0.2, 0) is 11.2 Å². The number of ether oxygens (including phenoxy) is 1. The van der Waals surface area contributed by atoms with Gasteiger partial charge in [-0.05, 0) is 49.7 Å². The van der Waals surface area contributed by atoms with Crippen molar-refractivity contribution in [3.05, 3.63) is 58.9 Å². The van der Waals surface area contributed by atoms with Crippen molar-refractivity contribution in [3.8, 4) is 17.2 Å². The number of benzene rings is 2. The fourth-order valence-electron chi connectivity index (χ4n) is 3.04. The Morgan fingerprint density at radius 2 is 1.77 bits per heavy atom. The Bertz CT molecular complexity index is 1130. The number of nitrogens with one attached hydrogen (secondary N) is 1. The van der Waals surface area contributed by atoms with Crippen molar-refractivity contribution in [2.75, 3.05) is 0 Å². The van der Waals surface area contributed by atoms with Crippen LogP contribution in [0.4, 0.5) is 0 Å². The first kappa shape index (κ1) is 22.2. The number of amides is 1. The molecule has 0 aliphatic carbocycles. The highest BCUT2D eigenvalue weighted by Gasteiger charge is 2.25. The zero-order chi connectivity index (χ0) is 22.7. The van der Waals surface area contributed by atoms with Gasteiger partial charge in [0.15, 0.2) is 11.4 Å². The minimum atomic E-state index is -1.29. The molecule has 0 fully saturated rings. The Balaban J connectivity index is 1.91. The predicted molar refractivity (Wildman–Crippen MR) is 115 cm³/mol. The van der Waals surface area contributed by atoms with Crippen LogP contribution >= 0.6 is 11.6 Å². The molecular formula is C22H21ClN2O6. The number of aliphatic carboxylic acids is 1. The van der Waals surface area contributed by atoms with E-state index in [4.69, 9.17) is 16.3 Å². The number of nitrogens with zero attached hydrogens (tertiary/aromatic N) is 1. The van der Waals surface area contributed by atoms with Crippen LogP contribution in [0.25, 0.3) is 10.8 Å². The normalized spacial score (nSPS) is 12.0. The number of carboxylic acids is 1. The van der Waals surface area contributed by atoms with E-state index in [-0.39, 0.29) is 28.8 Å². The molecule has 0 aliphatic heterocycles. The smallest absolute Gasteiger partial charge is 0.326 e. The molecule has 2 aromatic carbocycles. The van der Waals surface area contributed by atoms with E-state index in [0.717, 1.165) is 0 Å². The van der Waals surface area contributed by atoms with Crippen LogP contribution in [0.1, 0.15) is 29.9 Å². The maximum Gasteiger partial charge on any atom is 0.326 e. The lowest BCUT2D eigenvalue weighted by molar-refractivity contribution is -0.139. The monoisotopic (exact) mass is 444 g/mol. The first-order chi connectivity index (χ1) is 14.7. The van der Waals surface area contributed by atoms with Crippen molar-refractivity contribution in [1.82, 2.24) is 10.3 Å². The predicted octanol–water partition coefficient (Wildman–Crippen LogP) is 3.51. The second-order valence-corrected chi connectivity index (χ2v) is 7.57. The van der Waals surface area contributed by atoms with E-state index in [1.54, 1.807) is 30.3 Å². The molecule has 4 N–H and O–H groups in total. The number of hydrogen-bond donors (Lipinski definition) is 4. The number of phenols is 1. The summed E-state index contributed by atoms with van der Waals surface area (Å²) in [5, 5.41) is 32.6. The fourth-order valence-corrected chi connectivity index (χ4v) is 3.29. The number of carbonyl (C=O) groups is 2. The lowest BCUT2D eigenvalue weighted by Gasteiger charge is -2.16. The van der Waals surface area contributed by atoms with Gasteiger partial charge in [0, 0.05) is 17.2 Å². The van der Waals surface area contributed by atoms with Crippen LogP contribution in [0.2, 0.25) is 5.15 Å². The maximum absolute atomic E-state index is 12.8. The molecule has 3 aromatic rings. The molecule has 1 amide bonds. The lowest BCUT2D eigenvalue weighted by atomic mass is 10.1. The molecule has 0 radical (unpaired) electrons. The number of rotatable bonds is 7. The van der Waals surface area contributed by atoms with Crippen molar-refractivity contribution in [2.24, 2.45) is 0 Å². The lowest BCUT2D eigenvalue weighted by Crippen LogP contribution is -2.42. The van der Waals surface area contributed by atoms with Gasteiger partial charge in [0.05, 0.1) is 6.10 Å². The van der Waals surface area contributed by atoms with Gasteiger partial charge in [-0.3, -0.25) is 4.79 Å². The van der Waals surface area contributed by atoms with Gasteiger partial charge >= 0.3 is 5.97 Å². The zero-order valence-electron chi connectivity index (χ0n) is 16.8. The number of fused-ring (bicyclic) bond motifs is 1. The quantitative estimate of drug-likeness (QED) is 0.410. The summed E-state index contributed by atoms with van der Waals surface area (Å²) in [4.78, 5) is 28.4. The maximum atomic E-state index is 12.8. The third-order valence-corrected chi connectivity index (χ3v) is 4.76. The third-order valence-electron chi connectivity index (χ3n) is 4.47. The summed E-state index contributed by atoms with van der Waals surface area (Å²) < 4.78 is 5.62. The van der Waals surface area contributed by atoms with E-state index in [9.17, 15) is 24.9 Å². The Kier molecular flexibility index (Phi) is 6.50. The highest BCUT2D eigenvalue weighted by atomic mass is 35.5. The van der Waals surface area contributed by atoms with Crippen LogP contribution in [0.15, 0.2) is 42.5 Å². The molecule has 162 valence electrons. The molecule has 0 aliphatic rings. The largest absolute Gasteiger partial charge is 0.508 e. The number of pyridine rings is 1. The van der Waals surface area contributed by atoms with Crippen molar-refractivity contribution in [1.29, 1.82) is 0 Å². The molecule has 31 heavy (non-hydrogen) atoms.